The summed E-state index contributed by atoms with van der Waals surface area (Å²) in [6, 6.07) is 8.05. The zero-order valence-corrected chi connectivity index (χ0v) is 21.6. The lowest BCUT2D eigenvalue weighted by atomic mass is 9.62. The molecule has 35 heavy (non-hydrogen) atoms. The van der Waals surface area contributed by atoms with Crippen LogP contribution in [-0.2, 0) is 25.6 Å². The molecule has 3 saturated carbocycles. The molecule has 0 amide bonds. The third-order valence-corrected chi connectivity index (χ3v) is 10.3. The molecule has 1 aromatic rings. The maximum atomic E-state index is 14.5. The van der Waals surface area contributed by atoms with Gasteiger partial charge in [-0.15, -0.1) is 0 Å². The van der Waals surface area contributed by atoms with Crippen molar-refractivity contribution in [2.45, 2.75) is 59.4 Å². The summed E-state index contributed by atoms with van der Waals surface area (Å²) in [4.78, 5) is 14.5. The van der Waals surface area contributed by atoms with Gasteiger partial charge in [0.2, 0.25) is 0 Å². The molecule has 1 aromatic carbocycles. The van der Waals surface area contributed by atoms with E-state index in [1.807, 2.05) is 12.1 Å². The van der Waals surface area contributed by atoms with Crippen LogP contribution >= 0.6 is 0 Å². The average molecular weight is 481 g/mol. The summed E-state index contributed by atoms with van der Waals surface area (Å²) in [5.41, 5.74) is 2.44. The summed E-state index contributed by atoms with van der Waals surface area (Å²) in [5.74, 6) is 3.61. The van der Waals surface area contributed by atoms with Crippen LogP contribution in [0.3, 0.4) is 0 Å². The van der Waals surface area contributed by atoms with E-state index in [9.17, 15) is 4.79 Å². The second-order valence-corrected chi connectivity index (χ2v) is 12.4. The van der Waals surface area contributed by atoms with E-state index in [4.69, 9.17) is 18.9 Å². The van der Waals surface area contributed by atoms with Crippen LogP contribution in [-0.4, -0.2) is 39.0 Å². The van der Waals surface area contributed by atoms with Crippen molar-refractivity contribution in [3.63, 3.8) is 0 Å². The number of Topliss-reactive ketones (excluding diaryl/α,β-unsaturated/α-hetero) is 1. The van der Waals surface area contributed by atoms with Crippen LogP contribution in [0, 0.1) is 46.3 Å². The average Bonchev–Trinajstić information content (AvgIpc) is 3.24. The van der Waals surface area contributed by atoms with Crippen molar-refractivity contribution in [3.8, 4) is 5.75 Å². The van der Waals surface area contributed by atoms with Crippen molar-refractivity contribution >= 4 is 5.78 Å². The van der Waals surface area contributed by atoms with Crippen LogP contribution in [0.5, 0.6) is 5.75 Å². The summed E-state index contributed by atoms with van der Waals surface area (Å²) in [6.07, 6.45) is 6.23. The lowest BCUT2D eigenvalue weighted by Gasteiger charge is -2.39. The minimum atomic E-state index is -0.272. The van der Waals surface area contributed by atoms with Gasteiger partial charge in [0.05, 0.1) is 33.5 Å². The molecule has 2 bridgehead atoms. The van der Waals surface area contributed by atoms with Gasteiger partial charge in [0.25, 0.3) is 0 Å². The Hall–Kier alpha value is -1.69. The van der Waals surface area contributed by atoms with E-state index >= 15 is 0 Å². The van der Waals surface area contributed by atoms with Crippen molar-refractivity contribution in [1.82, 2.24) is 0 Å². The number of fused-ring (bicyclic) bond motifs is 3. The minimum absolute atomic E-state index is 0.116. The molecule has 4 aliphatic carbocycles. The van der Waals surface area contributed by atoms with E-state index in [0.29, 0.717) is 55.9 Å². The van der Waals surface area contributed by atoms with Crippen LogP contribution in [0.15, 0.2) is 35.9 Å². The summed E-state index contributed by atoms with van der Waals surface area (Å²) < 4.78 is 23.4. The molecule has 0 aromatic heterocycles. The minimum Gasteiger partial charge on any atom is -0.497 e. The van der Waals surface area contributed by atoms with Crippen molar-refractivity contribution in [3.05, 3.63) is 41.5 Å². The molecule has 5 aliphatic rings. The lowest BCUT2D eigenvalue weighted by Crippen LogP contribution is -2.43. The molecule has 0 N–H and O–H groups in total. The number of carbonyl (C=O) groups excluding carboxylic acids is 1. The van der Waals surface area contributed by atoms with E-state index in [0.717, 1.165) is 30.6 Å². The van der Waals surface area contributed by atoms with E-state index in [1.165, 1.54) is 12.0 Å². The second-order valence-electron chi connectivity index (χ2n) is 12.4. The molecule has 6 rings (SSSR count). The number of rotatable bonds is 6. The third-order valence-electron chi connectivity index (χ3n) is 10.3. The molecule has 1 heterocycles. The number of allylic oxidation sites excluding steroid dienone is 1. The van der Waals surface area contributed by atoms with Crippen molar-refractivity contribution in [1.29, 1.82) is 0 Å². The van der Waals surface area contributed by atoms with Gasteiger partial charge in [0.15, 0.2) is 6.29 Å². The number of benzene rings is 1. The molecule has 4 fully saturated rings. The molecule has 5 nitrogen and oxygen atoms in total. The Balaban J connectivity index is 1.26. The number of hydrogen-bond acceptors (Lipinski definition) is 5. The van der Waals surface area contributed by atoms with Gasteiger partial charge in [-0.25, -0.2) is 0 Å². The Labute approximate surface area is 209 Å². The summed E-state index contributed by atoms with van der Waals surface area (Å²) in [6.45, 7) is 9.61. The summed E-state index contributed by atoms with van der Waals surface area (Å²) >= 11 is 0. The SMILES string of the molecule is COc1ccc(COCC2=C[C@@H]3C[C@H](C4OCCO4)C[C@]34C(=O)[C@@H](C2)[C@H]2[C@@H](C[C@H]4C)C2(C)C)cc1. The Kier molecular flexibility index (Phi) is 5.89. The zero-order chi connectivity index (χ0) is 24.4. The quantitative estimate of drug-likeness (QED) is 0.509. The van der Waals surface area contributed by atoms with Crippen LogP contribution in [0.4, 0.5) is 0 Å². The highest BCUT2D eigenvalue weighted by molar-refractivity contribution is 5.90. The Bertz CT molecular complexity index is 991. The van der Waals surface area contributed by atoms with Crippen LogP contribution in [0.1, 0.15) is 52.0 Å². The van der Waals surface area contributed by atoms with Crippen molar-refractivity contribution in [2.24, 2.45) is 46.3 Å². The number of hydrogen-bond donors (Lipinski definition) is 0. The first-order valence-corrected chi connectivity index (χ1v) is 13.5. The van der Waals surface area contributed by atoms with Crippen molar-refractivity contribution < 1.29 is 23.7 Å². The predicted molar refractivity (Wildman–Crippen MR) is 133 cm³/mol. The number of methoxy groups -OCH3 is 1. The van der Waals surface area contributed by atoms with Gasteiger partial charge in [-0.1, -0.05) is 39.0 Å². The fraction of sp³-hybridized carbons (Fsp3) is 0.700. The Morgan fingerprint density at radius 3 is 2.51 bits per heavy atom. The first kappa shape index (κ1) is 23.7. The highest BCUT2D eigenvalue weighted by Gasteiger charge is 2.70. The van der Waals surface area contributed by atoms with Gasteiger partial charge in [0, 0.05) is 17.3 Å². The second kappa shape index (κ2) is 8.71. The maximum absolute atomic E-state index is 14.5. The summed E-state index contributed by atoms with van der Waals surface area (Å²) in [5, 5.41) is 0. The van der Waals surface area contributed by atoms with E-state index < -0.39 is 0 Å². The molecular weight excluding hydrogens is 440 g/mol. The Morgan fingerprint density at radius 2 is 1.80 bits per heavy atom. The highest BCUT2D eigenvalue weighted by atomic mass is 16.7. The molecule has 1 aliphatic heterocycles. The number of ketones is 1. The van der Waals surface area contributed by atoms with Gasteiger partial charge >= 0.3 is 0 Å². The number of carbonyl (C=O) groups is 1. The van der Waals surface area contributed by atoms with Crippen LogP contribution < -0.4 is 4.74 Å². The van der Waals surface area contributed by atoms with Gasteiger partial charge in [0.1, 0.15) is 11.5 Å². The van der Waals surface area contributed by atoms with E-state index in [2.05, 4.69) is 39.0 Å². The topological polar surface area (TPSA) is 54.0 Å². The van der Waals surface area contributed by atoms with Gasteiger partial charge in [-0.3, -0.25) is 4.79 Å². The van der Waals surface area contributed by atoms with E-state index in [1.54, 1.807) is 7.11 Å². The molecular formula is C30H40O5. The molecule has 1 spiro atoms. The lowest BCUT2D eigenvalue weighted by molar-refractivity contribution is -0.139. The fourth-order valence-electron chi connectivity index (χ4n) is 8.49. The summed E-state index contributed by atoms with van der Waals surface area (Å²) in [7, 11) is 1.68. The first-order valence-electron chi connectivity index (χ1n) is 13.5. The van der Waals surface area contributed by atoms with Crippen LogP contribution in [0.2, 0.25) is 0 Å². The van der Waals surface area contributed by atoms with Crippen LogP contribution in [0.25, 0.3) is 0 Å². The standard InChI is InChI=1S/C30H40O5/c1-18-11-25-26(29(25,2)3)24-13-20(17-33-16-19-5-7-23(32-4)8-6-19)12-22-14-21(28-34-9-10-35-28)15-30(18,22)27(24)31/h5-8,12,18,21-22,24-26,28H,9-11,13-17H2,1-4H3/t18-,21+,22-,24+,25-,26+,30-/m1/s1. The molecule has 5 heteroatoms. The monoisotopic (exact) mass is 480 g/mol. The first-order chi connectivity index (χ1) is 16.8. The number of ether oxygens (including phenoxy) is 4. The smallest absolute Gasteiger partial charge is 0.160 e. The maximum Gasteiger partial charge on any atom is 0.160 e. The fourth-order valence-corrected chi connectivity index (χ4v) is 8.49. The molecule has 190 valence electrons. The Morgan fingerprint density at radius 1 is 1.06 bits per heavy atom. The zero-order valence-electron chi connectivity index (χ0n) is 21.6. The van der Waals surface area contributed by atoms with Gasteiger partial charge in [-0.05, 0) is 78.0 Å². The largest absolute Gasteiger partial charge is 0.497 e. The van der Waals surface area contributed by atoms with Crippen molar-refractivity contribution in [2.75, 3.05) is 26.9 Å². The molecule has 0 unspecified atom stereocenters. The third kappa shape index (κ3) is 3.81. The van der Waals surface area contributed by atoms with E-state index in [-0.39, 0.29) is 29.0 Å². The predicted octanol–water partition coefficient (Wildman–Crippen LogP) is 5.42. The van der Waals surface area contributed by atoms with Gasteiger partial charge < -0.3 is 18.9 Å². The molecule has 0 radical (unpaired) electrons. The molecule has 7 atom stereocenters. The highest BCUT2D eigenvalue weighted by Crippen LogP contribution is 2.72. The normalized spacial score (nSPS) is 39.9. The molecule has 1 saturated heterocycles. The van der Waals surface area contributed by atoms with Gasteiger partial charge in [-0.2, -0.15) is 0 Å².